The van der Waals surface area contributed by atoms with Crippen LogP contribution in [0.5, 0.6) is 0 Å². The zero-order valence-electron chi connectivity index (χ0n) is 15.0. The van der Waals surface area contributed by atoms with E-state index in [2.05, 4.69) is 59.2 Å². The highest BCUT2D eigenvalue weighted by Gasteiger charge is 2.14. The van der Waals surface area contributed by atoms with E-state index in [1.54, 1.807) is 12.1 Å². The van der Waals surface area contributed by atoms with Crippen LogP contribution in [0.2, 0.25) is 0 Å². The van der Waals surface area contributed by atoms with Crippen LogP contribution >= 0.6 is 12.2 Å². The van der Waals surface area contributed by atoms with Crippen molar-refractivity contribution in [3.63, 3.8) is 0 Å². The zero-order valence-corrected chi connectivity index (χ0v) is 15.8. The molecule has 0 radical (unpaired) electrons. The fourth-order valence-electron chi connectivity index (χ4n) is 3.04. The van der Waals surface area contributed by atoms with E-state index in [1.165, 1.54) is 11.1 Å². The van der Waals surface area contributed by atoms with Gasteiger partial charge in [-0.05, 0) is 41.9 Å². The van der Waals surface area contributed by atoms with Gasteiger partial charge in [0, 0.05) is 18.0 Å². The van der Waals surface area contributed by atoms with Crippen LogP contribution in [0.4, 0.5) is 0 Å². The van der Waals surface area contributed by atoms with Gasteiger partial charge in [-0.1, -0.05) is 78.9 Å². The third-order valence-electron chi connectivity index (χ3n) is 4.39. The van der Waals surface area contributed by atoms with Gasteiger partial charge in [0.05, 0.1) is 0 Å². The number of amides is 1. The molecule has 0 atom stereocenters. The second-order valence-electron chi connectivity index (χ2n) is 6.24. The van der Waals surface area contributed by atoms with E-state index < -0.39 is 0 Å². The van der Waals surface area contributed by atoms with Crippen molar-refractivity contribution in [1.29, 1.82) is 0 Å². The monoisotopic (exact) mass is 374 g/mol. The van der Waals surface area contributed by atoms with Crippen molar-refractivity contribution in [2.24, 2.45) is 0 Å². The number of benzene rings is 3. The SMILES string of the molecule is O=C(NC(=S)NCCC(c1ccccc1)c1ccccc1)c1ccccc1. The molecule has 3 rings (SSSR count). The van der Waals surface area contributed by atoms with Gasteiger partial charge in [0.1, 0.15) is 0 Å². The average Bonchev–Trinajstić information content (AvgIpc) is 2.73. The highest BCUT2D eigenvalue weighted by molar-refractivity contribution is 7.80. The summed E-state index contributed by atoms with van der Waals surface area (Å²) < 4.78 is 0. The Morgan fingerprint density at radius 2 is 1.26 bits per heavy atom. The fraction of sp³-hybridized carbons (Fsp3) is 0.130. The van der Waals surface area contributed by atoms with Gasteiger partial charge in [0.15, 0.2) is 5.11 Å². The number of rotatable bonds is 6. The molecule has 0 saturated carbocycles. The average molecular weight is 375 g/mol. The van der Waals surface area contributed by atoms with Crippen molar-refractivity contribution in [1.82, 2.24) is 10.6 Å². The maximum absolute atomic E-state index is 12.2. The number of hydrogen-bond acceptors (Lipinski definition) is 2. The van der Waals surface area contributed by atoms with Crippen LogP contribution in [0.25, 0.3) is 0 Å². The number of carbonyl (C=O) groups excluding carboxylic acids is 1. The van der Waals surface area contributed by atoms with E-state index >= 15 is 0 Å². The van der Waals surface area contributed by atoms with E-state index in [-0.39, 0.29) is 11.8 Å². The highest BCUT2D eigenvalue weighted by Crippen LogP contribution is 2.27. The molecule has 0 aliphatic rings. The Kier molecular flexibility index (Phi) is 6.72. The summed E-state index contributed by atoms with van der Waals surface area (Å²) in [5.41, 5.74) is 3.13. The van der Waals surface area contributed by atoms with E-state index in [4.69, 9.17) is 12.2 Å². The molecular formula is C23H22N2OS. The van der Waals surface area contributed by atoms with Crippen molar-refractivity contribution in [3.05, 3.63) is 108 Å². The summed E-state index contributed by atoms with van der Waals surface area (Å²) in [6.07, 6.45) is 0.870. The summed E-state index contributed by atoms with van der Waals surface area (Å²) >= 11 is 5.27. The lowest BCUT2D eigenvalue weighted by molar-refractivity contribution is 0.0976. The van der Waals surface area contributed by atoms with Crippen LogP contribution in [-0.4, -0.2) is 17.6 Å². The van der Waals surface area contributed by atoms with E-state index in [9.17, 15) is 4.79 Å². The highest BCUT2D eigenvalue weighted by atomic mass is 32.1. The Morgan fingerprint density at radius 3 is 1.78 bits per heavy atom. The molecule has 3 aromatic carbocycles. The Labute approximate surface area is 165 Å². The molecule has 3 nitrogen and oxygen atoms in total. The largest absolute Gasteiger partial charge is 0.362 e. The molecule has 0 unspecified atom stereocenters. The lowest BCUT2D eigenvalue weighted by Crippen LogP contribution is -2.39. The van der Waals surface area contributed by atoms with Crippen molar-refractivity contribution in [2.75, 3.05) is 6.54 Å². The van der Waals surface area contributed by atoms with E-state index in [0.717, 1.165) is 6.42 Å². The summed E-state index contributed by atoms with van der Waals surface area (Å²) in [7, 11) is 0. The number of carbonyl (C=O) groups is 1. The maximum atomic E-state index is 12.2. The van der Waals surface area contributed by atoms with Gasteiger partial charge < -0.3 is 5.32 Å². The minimum Gasteiger partial charge on any atom is -0.362 e. The van der Waals surface area contributed by atoms with Crippen LogP contribution in [0.15, 0.2) is 91.0 Å². The summed E-state index contributed by atoms with van der Waals surface area (Å²) in [6.45, 7) is 0.669. The molecule has 4 heteroatoms. The first-order chi connectivity index (χ1) is 13.2. The molecule has 0 heterocycles. The molecule has 136 valence electrons. The maximum Gasteiger partial charge on any atom is 0.257 e. The molecule has 2 N–H and O–H groups in total. The van der Waals surface area contributed by atoms with Gasteiger partial charge in [-0.2, -0.15) is 0 Å². The Morgan fingerprint density at radius 1 is 0.778 bits per heavy atom. The van der Waals surface area contributed by atoms with Gasteiger partial charge in [0.2, 0.25) is 0 Å². The van der Waals surface area contributed by atoms with Crippen LogP contribution in [0, 0.1) is 0 Å². The molecule has 0 saturated heterocycles. The molecule has 0 bridgehead atoms. The van der Waals surface area contributed by atoms with Crippen molar-refractivity contribution >= 4 is 23.2 Å². The summed E-state index contributed by atoms with van der Waals surface area (Å²) in [5, 5.41) is 6.23. The van der Waals surface area contributed by atoms with Gasteiger partial charge in [0.25, 0.3) is 5.91 Å². The third-order valence-corrected chi connectivity index (χ3v) is 4.63. The number of thiocarbonyl (C=S) groups is 1. The molecule has 0 aromatic heterocycles. The fourth-order valence-corrected chi connectivity index (χ4v) is 3.23. The Hall–Kier alpha value is -2.98. The first-order valence-corrected chi connectivity index (χ1v) is 9.39. The molecule has 0 aliphatic carbocycles. The van der Waals surface area contributed by atoms with Gasteiger partial charge >= 0.3 is 0 Å². The van der Waals surface area contributed by atoms with Crippen LogP contribution in [0.1, 0.15) is 33.8 Å². The quantitative estimate of drug-likeness (QED) is 0.624. The van der Waals surface area contributed by atoms with E-state index in [0.29, 0.717) is 17.2 Å². The van der Waals surface area contributed by atoms with Crippen LogP contribution in [-0.2, 0) is 0 Å². The smallest absolute Gasteiger partial charge is 0.257 e. The van der Waals surface area contributed by atoms with Crippen molar-refractivity contribution < 1.29 is 4.79 Å². The van der Waals surface area contributed by atoms with Gasteiger partial charge in [-0.25, -0.2) is 0 Å². The standard InChI is InChI=1S/C23H22N2OS/c26-22(20-14-8-3-9-15-20)25-23(27)24-17-16-21(18-10-4-1-5-11-18)19-12-6-2-7-13-19/h1-15,21H,16-17H2,(H2,24,25,26,27). The third kappa shape index (κ3) is 5.50. The second kappa shape index (κ2) is 9.64. The Bertz CT molecular complexity index is 827. The molecule has 3 aromatic rings. The molecule has 0 aliphatic heterocycles. The normalized spacial score (nSPS) is 10.4. The lowest BCUT2D eigenvalue weighted by Gasteiger charge is -2.19. The first-order valence-electron chi connectivity index (χ1n) is 8.98. The van der Waals surface area contributed by atoms with Crippen molar-refractivity contribution in [2.45, 2.75) is 12.3 Å². The zero-order chi connectivity index (χ0) is 18.9. The Balaban J connectivity index is 1.58. The van der Waals surface area contributed by atoms with Gasteiger partial charge in [-0.15, -0.1) is 0 Å². The topological polar surface area (TPSA) is 41.1 Å². The predicted molar refractivity (Wildman–Crippen MR) is 114 cm³/mol. The van der Waals surface area contributed by atoms with Gasteiger partial charge in [-0.3, -0.25) is 10.1 Å². The van der Waals surface area contributed by atoms with Crippen molar-refractivity contribution in [3.8, 4) is 0 Å². The predicted octanol–water partition coefficient (Wildman–Crippen LogP) is 4.51. The van der Waals surface area contributed by atoms with E-state index in [1.807, 2.05) is 30.3 Å². The first kappa shape index (κ1) is 18.8. The molecule has 0 spiro atoms. The summed E-state index contributed by atoms with van der Waals surface area (Å²) in [6, 6.07) is 29.9. The molecule has 1 amide bonds. The minimum absolute atomic E-state index is 0.198. The summed E-state index contributed by atoms with van der Waals surface area (Å²) in [5.74, 6) is 0.0725. The summed E-state index contributed by atoms with van der Waals surface area (Å²) in [4.78, 5) is 12.2. The number of hydrogen-bond donors (Lipinski definition) is 2. The minimum atomic E-state index is -0.198. The van der Waals surface area contributed by atoms with Crippen LogP contribution in [0.3, 0.4) is 0 Å². The second-order valence-corrected chi connectivity index (χ2v) is 6.65. The molecular weight excluding hydrogens is 352 g/mol. The van der Waals surface area contributed by atoms with Crippen LogP contribution < -0.4 is 10.6 Å². The lowest BCUT2D eigenvalue weighted by atomic mass is 9.88. The number of nitrogens with one attached hydrogen (secondary N) is 2. The molecule has 0 fully saturated rings. The molecule has 27 heavy (non-hydrogen) atoms.